The fraction of sp³-hybridized carbons (Fsp3) is 0.100. The number of nitrogens with zero attached hydrogens (tertiary/aromatic N) is 1. The van der Waals surface area contributed by atoms with Crippen LogP contribution in [0.4, 0.5) is 19.0 Å². The van der Waals surface area contributed by atoms with E-state index in [0.717, 1.165) is 17.7 Å². The Labute approximate surface area is 148 Å². The molecule has 1 heterocycles. The van der Waals surface area contributed by atoms with Crippen molar-refractivity contribution in [1.29, 1.82) is 0 Å². The highest BCUT2D eigenvalue weighted by Crippen LogP contribution is 2.32. The van der Waals surface area contributed by atoms with Crippen molar-refractivity contribution >= 4 is 11.7 Å². The van der Waals surface area contributed by atoms with Gasteiger partial charge in [-0.25, -0.2) is 4.98 Å². The molecule has 0 saturated carbocycles. The van der Waals surface area contributed by atoms with Crippen LogP contribution in [0.3, 0.4) is 0 Å². The van der Waals surface area contributed by atoms with Crippen LogP contribution in [0, 0.1) is 6.92 Å². The first-order valence-electron chi connectivity index (χ1n) is 7.85. The highest BCUT2D eigenvalue weighted by Gasteiger charge is 2.30. The molecule has 132 valence electrons. The number of alkyl halides is 3. The minimum atomic E-state index is -4.40. The van der Waals surface area contributed by atoms with Crippen molar-refractivity contribution in [3.05, 3.63) is 83.6 Å². The predicted molar refractivity (Wildman–Crippen MR) is 93.8 cm³/mol. The summed E-state index contributed by atoms with van der Waals surface area (Å²) >= 11 is 0. The van der Waals surface area contributed by atoms with Gasteiger partial charge in [0.25, 0.3) is 5.91 Å². The normalized spacial score (nSPS) is 11.2. The first-order chi connectivity index (χ1) is 12.3. The summed E-state index contributed by atoms with van der Waals surface area (Å²) in [7, 11) is 0. The quantitative estimate of drug-likeness (QED) is 0.689. The van der Waals surface area contributed by atoms with E-state index < -0.39 is 11.7 Å². The molecule has 1 amide bonds. The molecule has 0 aliphatic carbocycles. The molecule has 3 aromatic rings. The van der Waals surface area contributed by atoms with Crippen LogP contribution in [0.2, 0.25) is 0 Å². The second kappa shape index (κ2) is 7.00. The number of aromatic nitrogens is 1. The number of halogens is 3. The average Bonchev–Trinajstić information content (AvgIpc) is 2.63. The van der Waals surface area contributed by atoms with Crippen molar-refractivity contribution in [1.82, 2.24) is 4.98 Å². The van der Waals surface area contributed by atoms with Gasteiger partial charge in [-0.3, -0.25) is 4.79 Å². The number of nitrogens with one attached hydrogen (secondary N) is 1. The molecule has 0 radical (unpaired) electrons. The standard InChI is InChI=1S/C20H15F3N2O/c1-13-6-11-18(24-12-13)25-19(26)17-5-3-2-4-16(17)14-7-9-15(10-8-14)20(21,22)23/h2-12H,1H3,(H,24,25,26). The van der Waals surface area contributed by atoms with Crippen molar-refractivity contribution in [3.8, 4) is 11.1 Å². The third kappa shape index (κ3) is 3.91. The van der Waals surface area contributed by atoms with Gasteiger partial charge in [0.05, 0.1) is 5.56 Å². The summed E-state index contributed by atoms with van der Waals surface area (Å²) in [4.78, 5) is 16.7. The number of anilines is 1. The number of carbonyl (C=O) groups excluding carboxylic acids is 1. The van der Waals surface area contributed by atoms with Gasteiger partial charge >= 0.3 is 6.18 Å². The molecule has 26 heavy (non-hydrogen) atoms. The van der Waals surface area contributed by atoms with Crippen LogP contribution in [-0.4, -0.2) is 10.9 Å². The van der Waals surface area contributed by atoms with Crippen LogP contribution >= 0.6 is 0 Å². The van der Waals surface area contributed by atoms with Crippen LogP contribution in [-0.2, 0) is 6.18 Å². The summed E-state index contributed by atoms with van der Waals surface area (Å²) in [5, 5.41) is 2.70. The van der Waals surface area contributed by atoms with Crippen LogP contribution in [0.15, 0.2) is 66.9 Å². The number of aryl methyl sites for hydroxylation is 1. The number of hydrogen-bond acceptors (Lipinski definition) is 2. The Bertz CT molecular complexity index is 917. The fourth-order valence-corrected chi connectivity index (χ4v) is 2.50. The van der Waals surface area contributed by atoms with Gasteiger partial charge in [-0.05, 0) is 47.9 Å². The first kappa shape index (κ1) is 17.7. The lowest BCUT2D eigenvalue weighted by Gasteiger charge is -2.12. The summed E-state index contributed by atoms with van der Waals surface area (Å²) in [6, 6.07) is 15.0. The third-order valence-corrected chi connectivity index (χ3v) is 3.85. The second-order valence-electron chi connectivity index (χ2n) is 5.80. The SMILES string of the molecule is Cc1ccc(NC(=O)c2ccccc2-c2ccc(C(F)(F)F)cc2)nc1. The number of pyridine rings is 1. The first-order valence-corrected chi connectivity index (χ1v) is 7.85. The van der Waals surface area contributed by atoms with Crippen molar-refractivity contribution < 1.29 is 18.0 Å². The molecule has 0 unspecified atom stereocenters. The summed E-state index contributed by atoms with van der Waals surface area (Å²) in [6.45, 7) is 1.89. The van der Waals surface area contributed by atoms with E-state index in [0.29, 0.717) is 22.5 Å². The summed E-state index contributed by atoms with van der Waals surface area (Å²) in [5.74, 6) is 0.0275. The molecule has 0 saturated heterocycles. The molecule has 1 N–H and O–H groups in total. The number of hydrogen-bond donors (Lipinski definition) is 1. The largest absolute Gasteiger partial charge is 0.416 e. The minimum Gasteiger partial charge on any atom is -0.307 e. The maximum atomic E-state index is 12.7. The number of rotatable bonds is 3. The average molecular weight is 356 g/mol. The van der Waals surface area contributed by atoms with Crippen LogP contribution in [0.25, 0.3) is 11.1 Å². The highest BCUT2D eigenvalue weighted by molar-refractivity contribution is 6.08. The van der Waals surface area contributed by atoms with Crippen LogP contribution < -0.4 is 5.32 Å². The smallest absolute Gasteiger partial charge is 0.307 e. The molecular weight excluding hydrogens is 341 g/mol. The Morgan fingerprint density at radius 1 is 0.962 bits per heavy atom. The van der Waals surface area contributed by atoms with Crippen molar-refractivity contribution in [3.63, 3.8) is 0 Å². The Morgan fingerprint density at radius 2 is 1.65 bits per heavy atom. The summed E-state index contributed by atoms with van der Waals surface area (Å²) < 4.78 is 38.2. The molecule has 0 bridgehead atoms. The summed E-state index contributed by atoms with van der Waals surface area (Å²) in [5.41, 5.74) is 1.67. The van der Waals surface area contributed by atoms with E-state index in [-0.39, 0.29) is 5.91 Å². The fourth-order valence-electron chi connectivity index (χ4n) is 2.50. The minimum absolute atomic E-state index is 0.356. The van der Waals surface area contributed by atoms with Crippen LogP contribution in [0.1, 0.15) is 21.5 Å². The van der Waals surface area contributed by atoms with Gasteiger partial charge in [-0.1, -0.05) is 36.4 Å². The monoisotopic (exact) mass is 356 g/mol. The molecule has 0 fully saturated rings. The lowest BCUT2D eigenvalue weighted by molar-refractivity contribution is -0.137. The molecule has 0 aliphatic rings. The van der Waals surface area contributed by atoms with E-state index in [4.69, 9.17) is 0 Å². The maximum absolute atomic E-state index is 12.7. The molecule has 1 aromatic heterocycles. The van der Waals surface area contributed by atoms with E-state index in [9.17, 15) is 18.0 Å². The zero-order valence-corrected chi connectivity index (χ0v) is 13.8. The predicted octanol–water partition coefficient (Wildman–Crippen LogP) is 5.33. The van der Waals surface area contributed by atoms with Crippen molar-refractivity contribution in [2.75, 3.05) is 5.32 Å². The molecule has 3 rings (SSSR count). The Morgan fingerprint density at radius 3 is 2.27 bits per heavy atom. The number of amides is 1. The lowest BCUT2D eigenvalue weighted by Crippen LogP contribution is -2.14. The Hall–Kier alpha value is -3.15. The van der Waals surface area contributed by atoms with Crippen molar-refractivity contribution in [2.45, 2.75) is 13.1 Å². The summed E-state index contributed by atoms with van der Waals surface area (Å²) in [6.07, 6.45) is -2.76. The lowest BCUT2D eigenvalue weighted by atomic mass is 9.98. The van der Waals surface area contributed by atoms with Gasteiger partial charge in [0.1, 0.15) is 5.82 Å². The van der Waals surface area contributed by atoms with Gasteiger partial charge in [-0.15, -0.1) is 0 Å². The Kier molecular flexibility index (Phi) is 4.75. The van der Waals surface area contributed by atoms with Crippen LogP contribution in [0.5, 0.6) is 0 Å². The number of benzene rings is 2. The topological polar surface area (TPSA) is 42.0 Å². The van der Waals surface area contributed by atoms with E-state index in [2.05, 4.69) is 10.3 Å². The van der Waals surface area contributed by atoms with Gasteiger partial charge < -0.3 is 5.32 Å². The molecule has 2 aromatic carbocycles. The van der Waals surface area contributed by atoms with Crippen molar-refractivity contribution in [2.24, 2.45) is 0 Å². The Balaban J connectivity index is 1.90. The van der Waals surface area contributed by atoms with E-state index in [1.54, 1.807) is 36.5 Å². The molecule has 3 nitrogen and oxygen atoms in total. The molecule has 0 aliphatic heterocycles. The zero-order valence-electron chi connectivity index (χ0n) is 13.8. The van der Waals surface area contributed by atoms with E-state index >= 15 is 0 Å². The maximum Gasteiger partial charge on any atom is 0.416 e. The second-order valence-corrected chi connectivity index (χ2v) is 5.80. The van der Waals surface area contributed by atoms with E-state index in [1.165, 1.54) is 12.1 Å². The van der Waals surface area contributed by atoms with Gasteiger partial charge in [0.15, 0.2) is 0 Å². The molecule has 0 atom stereocenters. The van der Waals surface area contributed by atoms with E-state index in [1.807, 2.05) is 13.0 Å². The number of carbonyl (C=O) groups is 1. The molecule has 0 spiro atoms. The highest BCUT2D eigenvalue weighted by atomic mass is 19.4. The van der Waals surface area contributed by atoms with Gasteiger partial charge in [-0.2, -0.15) is 13.2 Å². The van der Waals surface area contributed by atoms with Gasteiger partial charge in [0.2, 0.25) is 0 Å². The molecule has 6 heteroatoms. The third-order valence-electron chi connectivity index (χ3n) is 3.85. The van der Waals surface area contributed by atoms with Gasteiger partial charge in [0, 0.05) is 11.8 Å². The zero-order chi connectivity index (χ0) is 18.7. The molecular formula is C20H15F3N2O.